The Balaban J connectivity index is 0.980. The zero-order valence-corrected chi connectivity index (χ0v) is 31.7. The molecule has 57 heavy (non-hydrogen) atoms. The normalized spacial score (nSPS) is 14.1. The van der Waals surface area contributed by atoms with E-state index in [0.717, 1.165) is 6.42 Å². The van der Waals surface area contributed by atoms with Crippen LogP contribution in [0.3, 0.4) is 0 Å². The molecule has 0 aliphatic heterocycles. The number of para-hydroxylation sites is 3. The predicted molar refractivity (Wildman–Crippen MR) is 242 cm³/mol. The van der Waals surface area contributed by atoms with Gasteiger partial charge in [0.15, 0.2) is 0 Å². The predicted octanol–water partition coefficient (Wildman–Crippen LogP) is 14.5. The van der Waals surface area contributed by atoms with E-state index in [1.165, 1.54) is 110 Å². The third-order valence-corrected chi connectivity index (χ3v) is 12.5. The number of aromatic nitrogens is 2. The van der Waals surface area contributed by atoms with Gasteiger partial charge in [0.1, 0.15) is 0 Å². The van der Waals surface area contributed by atoms with Gasteiger partial charge in [0, 0.05) is 38.8 Å². The zero-order chi connectivity index (χ0) is 37.6. The van der Waals surface area contributed by atoms with E-state index >= 15 is 0 Å². The molecule has 1 aliphatic rings. The van der Waals surface area contributed by atoms with Crippen LogP contribution in [0.25, 0.3) is 93.7 Å². The fourth-order valence-corrected chi connectivity index (χ4v) is 9.95. The van der Waals surface area contributed by atoms with E-state index in [1.54, 1.807) is 0 Å². The van der Waals surface area contributed by atoms with Crippen molar-refractivity contribution in [3.05, 3.63) is 210 Å². The van der Waals surface area contributed by atoms with Crippen LogP contribution in [0, 0.1) is 6.92 Å². The highest BCUT2D eigenvalue weighted by Crippen LogP contribution is 2.42. The third kappa shape index (κ3) is 4.90. The molecule has 268 valence electrons. The molecule has 0 bridgehead atoms. The second-order valence-electron chi connectivity index (χ2n) is 15.8. The van der Waals surface area contributed by atoms with Gasteiger partial charge < -0.3 is 9.13 Å². The topological polar surface area (TPSA) is 9.86 Å². The van der Waals surface area contributed by atoms with Gasteiger partial charge in [0.2, 0.25) is 0 Å². The summed E-state index contributed by atoms with van der Waals surface area (Å²) in [7, 11) is 0. The van der Waals surface area contributed by atoms with Crippen LogP contribution >= 0.6 is 0 Å². The van der Waals surface area contributed by atoms with Crippen LogP contribution in [0.15, 0.2) is 188 Å². The first-order valence-electron chi connectivity index (χ1n) is 20.0. The van der Waals surface area contributed by atoms with Crippen LogP contribution in [0.5, 0.6) is 0 Å². The van der Waals surface area contributed by atoms with Crippen molar-refractivity contribution in [1.82, 2.24) is 9.13 Å². The van der Waals surface area contributed by atoms with Crippen LogP contribution in [0.2, 0.25) is 0 Å². The molecule has 1 aliphatic carbocycles. The standard InChI is InChI=1S/C55H38N2/c1-35-29-39(38-23-26-46-44-17-6-5-15-42(44)43-16-7-8-18-45(43)49(46)32-38)31-41(30-35)57-53-22-12-10-20-48(53)51-34-37(25-28-55(51)57)36-24-27-54-50(33-36)47-19-9-11-21-52(47)56(54)40-13-3-2-4-14-40/h2-31,33-34,38H,32H2,1H3. The molecule has 0 saturated carbocycles. The summed E-state index contributed by atoms with van der Waals surface area (Å²) >= 11 is 0. The van der Waals surface area contributed by atoms with Gasteiger partial charge in [0.05, 0.1) is 22.1 Å². The number of fused-ring (bicyclic) bond motifs is 12. The van der Waals surface area contributed by atoms with Crippen LogP contribution in [0.1, 0.15) is 28.2 Å². The van der Waals surface area contributed by atoms with Crippen LogP contribution in [0.4, 0.5) is 0 Å². The number of aryl methyl sites for hydroxylation is 1. The first kappa shape index (κ1) is 32.1. The summed E-state index contributed by atoms with van der Waals surface area (Å²) in [6, 6.07) is 67.4. The van der Waals surface area contributed by atoms with Crippen molar-refractivity contribution in [3.8, 4) is 22.5 Å². The monoisotopic (exact) mass is 726 g/mol. The van der Waals surface area contributed by atoms with Crippen LogP contribution < -0.4 is 0 Å². The van der Waals surface area contributed by atoms with Gasteiger partial charge in [-0.25, -0.2) is 0 Å². The molecule has 0 amide bonds. The molecular formula is C55H38N2. The van der Waals surface area contributed by atoms with E-state index in [1.807, 2.05) is 0 Å². The van der Waals surface area contributed by atoms with Gasteiger partial charge in [0.25, 0.3) is 0 Å². The quantitative estimate of drug-likeness (QED) is 0.160. The molecule has 2 heterocycles. The van der Waals surface area contributed by atoms with Crippen molar-refractivity contribution in [2.24, 2.45) is 0 Å². The van der Waals surface area contributed by atoms with Crippen LogP contribution in [-0.2, 0) is 6.42 Å². The summed E-state index contributed by atoms with van der Waals surface area (Å²) in [6.07, 6.45) is 5.80. The van der Waals surface area contributed by atoms with Gasteiger partial charge in [-0.3, -0.25) is 0 Å². The molecule has 0 saturated heterocycles. The Bertz CT molecular complexity index is 3450. The van der Waals surface area contributed by atoms with Crippen molar-refractivity contribution in [2.45, 2.75) is 19.3 Å². The first-order valence-corrected chi connectivity index (χ1v) is 20.0. The lowest BCUT2D eigenvalue weighted by molar-refractivity contribution is 0.831. The smallest absolute Gasteiger partial charge is 0.0541 e. The summed E-state index contributed by atoms with van der Waals surface area (Å²) < 4.78 is 4.86. The summed E-state index contributed by atoms with van der Waals surface area (Å²) in [4.78, 5) is 0. The highest BCUT2D eigenvalue weighted by Gasteiger charge is 2.23. The Kier molecular flexibility index (Phi) is 7.00. The minimum absolute atomic E-state index is 0.281. The number of nitrogens with zero attached hydrogens (tertiary/aromatic N) is 2. The van der Waals surface area contributed by atoms with Crippen molar-refractivity contribution in [1.29, 1.82) is 0 Å². The summed E-state index contributed by atoms with van der Waals surface area (Å²) in [5, 5.41) is 10.5. The zero-order valence-electron chi connectivity index (χ0n) is 31.7. The lowest BCUT2D eigenvalue weighted by Crippen LogP contribution is -2.08. The van der Waals surface area contributed by atoms with E-state index < -0.39 is 0 Å². The maximum atomic E-state index is 2.48. The highest BCUT2D eigenvalue weighted by molar-refractivity contribution is 6.14. The second-order valence-corrected chi connectivity index (χ2v) is 15.8. The third-order valence-electron chi connectivity index (χ3n) is 12.5. The average molecular weight is 727 g/mol. The van der Waals surface area contributed by atoms with Crippen molar-refractivity contribution in [3.63, 3.8) is 0 Å². The molecular weight excluding hydrogens is 689 g/mol. The lowest BCUT2D eigenvalue weighted by Gasteiger charge is -2.24. The van der Waals surface area contributed by atoms with Gasteiger partial charge in [-0.05, 0) is 129 Å². The first-order chi connectivity index (χ1) is 28.2. The average Bonchev–Trinajstić information content (AvgIpc) is 3.78. The Morgan fingerprint density at radius 1 is 0.404 bits per heavy atom. The van der Waals surface area contributed by atoms with E-state index in [0.29, 0.717) is 0 Å². The molecule has 0 radical (unpaired) electrons. The van der Waals surface area contributed by atoms with E-state index in [9.17, 15) is 0 Å². The molecule has 12 rings (SSSR count). The Morgan fingerprint density at radius 3 is 1.56 bits per heavy atom. The Labute approximate surface area is 331 Å². The van der Waals surface area contributed by atoms with Gasteiger partial charge >= 0.3 is 0 Å². The van der Waals surface area contributed by atoms with Gasteiger partial charge in [-0.1, -0.05) is 133 Å². The fraction of sp³-hybridized carbons (Fsp3) is 0.0545. The molecule has 0 fully saturated rings. The summed E-state index contributed by atoms with van der Waals surface area (Å²) in [5.74, 6) is 0.281. The highest BCUT2D eigenvalue weighted by atomic mass is 15.0. The van der Waals surface area contributed by atoms with Crippen molar-refractivity contribution >= 4 is 71.2 Å². The minimum atomic E-state index is 0.281. The van der Waals surface area contributed by atoms with Crippen molar-refractivity contribution in [2.75, 3.05) is 0 Å². The fourth-order valence-electron chi connectivity index (χ4n) is 9.95. The van der Waals surface area contributed by atoms with Gasteiger partial charge in [-0.15, -0.1) is 0 Å². The van der Waals surface area contributed by atoms with E-state index in [4.69, 9.17) is 0 Å². The molecule has 9 aromatic carbocycles. The molecule has 0 N–H and O–H groups in total. The van der Waals surface area contributed by atoms with E-state index in [2.05, 4.69) is 210 Å². The number of rotatable bonds is 4. The number of hydrogen-bond acceptors (Lipinski definition) is 0. The van der Waals surface area contributed by atoms with E-state index in [-0.39, 0.29) is 5.92 Å². The number of allylic oxidation sites excluding steroid dienone is 1. The maximum Gasteiger partial charge on any atom is 0.0541 e. The second kappa shape index (κ2) is 12.4. The SMILES string of the molecule is Cc1cc(C2C=Cc3c(c4ccccc4c4ccccc34)C2)cc(-n2c3ccccc3c3cc(-c4ccc5c(c4)c4ccccc4n5-c4ccccc4)ccc32)c1. The number of hydrogen-bond donors (Lipinski definition) is 0. The Hall–Kier alpha value is -7.16. The molecule has 11 aromatic rings. The number of benzene rings is 9. The molecule has 2 heteroatoms. The minimum Gasteiger partial charge on any atom is -0.309 e. The molecule has 2 aromatic heterocycles. The maximum absolute atomic E-state index is 2.48. The van der Waals surface area contributed by atoms with Crippen LogP contribution in [-0.4, -0.2) is 9.13 Å². The molecule has 2 nitrogen and oxygen atoms in total. The van der Waals surface area contributed by atoms with Crippen molar-refractivity contribution < 1.29 is 0 Å². The molecule has 1 unspecified atom stereocenters. The summed E-state index contributed by atoms with van der Waals surface area (Å²) in [6.45, 7) is 2.24. The molecule has 0 spiro atoms. The Morgan fingerprint density at radius 2 is 0.912 bits per heavy atom. The largest absolute Gasteiger partial charge is 0.309 e. The summed E-state index contributed by atoms with van der Waals surface area (Å²) in [5.41, 5.74) is 15.2. The molecule has 1 atom stereocenters. The van der Waals surface area contributed by atoms with Gasteiger partial charge in [-0.2, -0.15) is 0 Å². The lowest BCUT2D eigenvalue weighted by atomic mass is 9.80.